The highest BCUT2D eigenvalue weighted by atomic mass is 19.1. The summed E-state index contributed by atoms with van der Waals surface area (Å²) in [6, 6.07) is 11.1. The third-order valence-electron chi connectivity index (χ3n) is 13.6. The van der Waals surface area contributed by atoms with Crippen molar-refractivity contribution in [3.05, 3.63) is 59.7 Å². The molecule has 4 aromatic rings. The fraction of sp³-hybridized carbons (Fsp3) is 0.558. The number of fused-ring (bicyclic) bond motifs is 2. The maximum atomic E-state index is 16.0. The molecule has 3 atom stereocenters. The van der Waals surface area contributed by atoms with E-state index in [4.69, 9.17) is 4.74 Å². The van der Waals surface area contributed by atoms with Crippen molar-refractivity contribution in [3.8, 4) is 17.1 Å². The molecule has 1 aliphatic carbocycles. The number of nitrogens with one attached hydrogen (secondary N) is 2. The Hall–Kier alpha value is -4.86. The number of amides is 2. The molecule has 2 aromatic heterocycles. The number of H-pyrrole nitrogens is 1. The number of carbonyl (C=O) groups excluding carboxylic acids is 2. The molecule has 2 aromatic carbocycles. The molecule has 3 N–H and O–H groups in total. The SMILES string of the molecule is CC1(Oc2ccc3[nH]nc(-c4cc(N5CC[C@H](CN6CCN(CC7CCN(c8ccc9c(c8F)CN(C8CCC(=O)NC8O)C9=O)CC7)CC6)C5)ncn4)c3c2)CC1. The van der Waals surface area contributed by atoms with Gasteiger partial charge in [0.1, 0.15) is 35.4 Å². The van der Waals surface area contributed by atoms with Crippen LogP contribution >= 0.6 is 0 Å². The molecule has 6 aliphatic rings. The summed E-state index contributed by atoms with van der Waals surface area (Å²) in [5.74, 6) is 2.11. The third kappa shape index (κ3) is 7.36. The van der Waals surface area contributed by atoms with E-state index in [1.807, 2.05) is 12.1 Å². The summed E-state index contributed by atoms with van der Waals surface area (Å²) in [7, 11) is 0. The second kappa shape index (κ2) is 15.1. The van der Waals surface area contributed by atoms with Gasteiger partial charge in [-0.1, -0.05) is 0 Å². The monoisotopic (exact) mass is 792 g/mol. The zero-order chi connectivity index (χ0) is 39.5. The molecule has 2 unspecified atom stereocenters. The van der Waals surface area contributed by atoms with E-state index < -0.39 is 12.3 Å². The highest BCUT2D eigenvalue weighted by molar-refractivity contribution is 5.99. The average Bonchev–Trinajstić information content (AvgIpc) is 3.52. The molecule has 4 saturated heterocycles. The average molecular weight is 793 g/mol. The van der Waals surface area contributed by atoms with E-state index in [0.717, 1.165) is 131 Å². The number of piperazine rings is 1. The minimum Gasteiger partial charge on any atom is -0.488 e. The quantitative estimate of drug-likeness (QED) is 0.214. The number of ether oxygens (including phenoxy) is 1. The smallest absolute Gasteiger partial charge is 0.255 e. The first-order valence-electron chi connectivity index (χ1n) is 21.2. The van der Waals surface area contributed by atoms with Crippen LogP contribution in [0.15, 0.2) is 42.7 Å². The molecular formula is C43H53FN10O4. The van der Waals surface area contributed by atoms with Crippen molar-refractivity contribution in [2.24, 2.45) is 11.8 Å². The lowest BCUT2D eigenvalue weighted by Gasteiger charge is -2.40. The molecule has 5 fully saturated rings. The number of piperidine rings is 2. The Morgan fingerprint density at radius 3 is 2.40 bits per heavy atom. The Morgan fingerprint density at radius 2 is 1.64 bits per heavy atom. The van der Waals surface area contributed by atoms with Gasteiger partial charge in [0.05, 0.1) is 29.5 Å². The van der Waals surface area contributed by atoms with Crippen LogP contribution in [0.25, 0.3) is 22.3 Å². The number of aliphatic hydroxyl groups is 1. The van der Waals surface area contributed by atoms with Gasteiger partial charge in [-0.2, -0.15) is 5.10 Å². The highest BCUT2D eigenvalue weighted by Crippen LogP contribution is 2.41. The second-order valence-electron chi connectivity index (χ2n) is 17.7. The lowest BCUT2D eigenvalue weighted by molar-refractivity contribution is -0.129. The predicted octanol–water partition coefficient (Wildman–Crippen LogP) is 4.00. The maximum absolute atomic E-state index is 16.0. The summed E-state index contributed by atoms with van der Waals surface area (Å²) in [6.45, 7) is 12.2. The standard InChI is InChI=1S/C43H53FN10O4/c1-43(11-12-43)58-29-2-4-33-31(20-29)40(49-48-33)34-21-37(46-26-45-34)53-15-10-28(24-53)23-51-18-16-50(17-19-51)22-27-8-13-52(14-9-27)35-5-3-30-32(39(35)44)25-54(42(30)57)36-6-7-38(55)47-41(36)56/h2-5,20-21,26-28,36,41,56H,6-19,22-25H2,1H3,(H,47,55)(H,48,49)/t28-,36?,41?/m1/s1. The highest BCUT2D eigenvalue weighted by Gasteiger charge is 2.42. The zero-order valence-electron chi connectivity index (χ0n) is 33.2. The lowest BCUT2D eigenvalue weighted by Crippen LogP contribution is -2.55. The molecule has 15 heteroatoms. The van der Waals surface area contributed by atoms with Gasteiger partial charge in [0.2, 0.25) is 5.91 Å². The summed E-state index contributed by atoms with van der Waals surface area (Å²) in [6.07, 6.45) is 6.43. The topological polar surface area (TPSA) is 146 Å². The largest absolute Gasteiger partial charge is 0.488 e. The molecular weight excluding hydrogens is 740 g/mol. The van der Waals surface area contributed by atoms with Gasteiger partial charge in [-0.15, -0.1) is 0 Å². The molecule has 0 spiro atoms. The van der Waals surface area contributed by atoms with Crippen molar-refractivity contribution in [2.75, 3.05) is 75.2 Å². The maximum Gasteiger partial charge on any atom is 0.255 e. The number of halogens is 1. The van der Waals surface area contributed by atoms with Gasteiger partial charge in [0, 0.05) is 94.4 Å². The summed E-state index contributed by atoms with van der Waals surface area (Å²) in [5.41, 5.74) is 3.85. The normalized spacial score (nSPS) is 25.4. The summed E-state index contributed by atoms with van der Waals surface area (Å²) in [5, 5.41) is 21.7. The molecule has 14 nitrogen and oxygen atoms in total. The molecule has 0 radical (unpaired) electrons. The van der Waals surface area contributed by atoms with Gasteiger partial charge < -0.3 is 39.7 Å². The Kier molecular flexibility index (Phi) is 9.72. The van der Waals surface area contributed by atoms with Crippen LogP contribution in [0.3, 0.4) is 0 Å². The number of hydrogen-bond donors (Lipinski definition) is 3. The van der Waals surface area contributed by atoms with Crippen molar-refractivity contribution < 1.29 is 23.8 Å². The number of anilines is 2. The van der Waals surface area contributed by atoms with Gasteiger partial charge in [0.25, 0.3) is 5.91 Å². The zero-order valence-corrected chi connectivity index (χ0v) is 33.2. The van der Waals surface area contributed by atoms with Crippen LogP contribution in [-0.4, -0.2) is 135 Å². The van der Waals surface area contributed by atoms with Gasteiger partial charge in [-0.05, 0) is 87.6 Å². The Labute approximate surface area is 337 Å². The fourth-order valence-corrected chi connectivity index (χ4v) is 9.86. The van der Waals surface area contributed by atoms with Crippen LogP contribution in [-0.2, 0) is 11.3 Å². The second-order valence-corrected chi connectivity index (χ2v) is 17.7. The molecule has 0 bridgehead atoms. The van der Waals surface area contributed by atoms with E-state index in [1.165, 1.54) is 4.90 Å². The minimum absolute atomic E-state index is 0.0454. The molecule has 1 saturated carbocycles. The van der Waals surface area contributed by atoms with Crippen LogP contribution < -0.4 is 19.9 Å². The summed E-state index contributed by atoms with van der Waals surface area (Å²) in [4.78, 5) is 45.4. The fourth-order valence-electron chi connectivity index (χ4n) is 9.86. The van der Waals surface area contributed by atoms with Crippen LogP contribution in [0.1, 0.15) is 67.8 Å². The van der Waals surface area contributed by atoms with E-state index in [2.05, 4.69) is 64.1 Å². The Morgan fingerprint density at radius 1 is 0.897 bits per heavy atom. The first-order chi connectivity index (χ1) is 28.2. The number of hydrogen-bond acceptors (Lipinski definition) is 11. The number of aliphatic hydroxyl groups excluding tert-OH is 1. The molecule has 2 amide bonds. The summed E-state index contributed by atoms with van der Waals surface area (Å²) >= 11 is 0. The lowest BCUT2D eigenvalue weighted by atomic mass is 9.95. The molecule has 58 heavy (non-hydrogen) atoms. The van der Waals surface area contributed by atoms with Crippen molar-refractivity contribution in [3.63, 3.8) is 0 Å². The number of rotatable bonds is 10. The van der Waals surface area contributed by atoms with Gasteiger partial charge in [-0.3, -0.25) is 14.7 Å². The van der Waals surface area contributed by atoms with Crippen LogP contribution in [0.5, 0.6) is 5.75 Å². The van der Waals surface area contributed by atoms with Gasteiger partial charge in [-0.25, -0.2) is 14.4 Å². The molecule has 7 heterocycles. The first kappa shape index (κ1) is 37.4. The number of aromatic nitrogens is 4. The number of carbonyl (C=O) groups is 2. The molecule has 10 rings (SSSR count). The van der Waals surface area contributed by atoms with E-state index in [-0.39, 0.29) is 36.2 Å². The van der Waals surface area contributed by atoms with E-state index in [0.29, 0.717) is 35.1 Å². The Balaban J connectivity index is 0.682. The van der Waals surface area contributed by atoms with E-state index in [9.17, 15) is 14.7 Å². The van der Waals surface area contributed by atoms with E-state index in [1.54, 1.807) is 18.5 Å². The summed E-state index contributed by atoms with van der Waals surface area (Å²) < 4.78 is 22.2. The van der Waals surface area contributed by atoms with Crippen molar-refractivity contribution in [1.82, 2.24) is 40.2 Å². The van der Waals surface area contributed by atoms with Crippen LogP contribution in [0.4, 0.5) is 15.9 Å². The number of nitrogens with zero attached hydrogens (tertiary/aromatic N) is 8. The van der Waals surface area contributed by atoms with Crippen molar-refractivity contribution >= 4 is 34.2 Å². The van der Waals surface area contributed by atoms with Crippen molar-refractivity contribution in [1.29, 1.82) is 0 Å². The Bertz CT molecular complexity index is 2200. The predicted molar refractivity (Wildman–Crippen MR) is 217 cm³/mol. The molecule has 5 aliphatic heterocycles. The van der Waals surface area contributed by atoms with Gasteiger partial charge in [0.15, 0.2) is 5.82 Å². The minimum atomic E-state index is -1.14. The van der Waals surface area contributed by atoms with E-state index >= 15 is 4.39 Å². The van der Waals surface area contributed by atoms with Gasteiger partial charge >= 0.3 is 0 Å². The molecule has 306 valence electrons. The number of aromatic amines is 1. The van der Waals surface area contributed by atoms with Crippen LogP contribution in [0, 0.1) is 17.7 Å². The third-order valence-corrected chi connectivity index (χ3v) is 13.6. The van der Waals surface area contributed by atoms with Crippen LogP contribution in [0.2, 0.25) is 0 Å². The van der Waals surface area contributed by atoms with Crippen molar-refractivity contribution in [2.45, 2.75) is 76.3 Å². The first-order valence-corrected chi connectivity index (χ1v) is 21.2. The number of benzene rings is 2.